The molecule has 1 aromatic heterocycles. The molecule has 1 aromatic rings. The van der Waals surface area contributed by atoms with E-state index in [9.17, 15) is 4.79 Å². The van der Waals surface area contributed by atoms with Crippen LogP contribution in [0.15, 0.2) is 12.1 Å². The second-order valence-electron chi connectivity index (χ2n) is 3.77. The second-order valence-corrected chi connectivity index (χ2v) is 5.09. The highest BCUT2D eigenvalue weighted by atomic mass is 35.5. The molecular weight excluding hydrogens is 260 g/mol. The van der Waals surface area contributed by atoms with Crippen LogP contribution in [-0.2, 0) is 0 Å². The molecule has 1 atom stereocenters. The van der Waals surface area contributed by atoms with Gasteiger partial charge in [-0.1, -0.05) is 18.5 Å². The summed E-state index contributed by atoms with van der Waals surface area (Å²) in [4.78, 5) is 14.8. The zero-order chi connectivity index (χ0) is 12.8. The first-order chi connectivity index (χ1) is 8.04. The Balaban J connectivity index is 2.66. The Morgan fingerprint density at radius 3 is 2.94 bits per heavy atom. The predicted octanol–water partition coefficient (Wildman–Crippen LogP) is 2.84. The number of hydrogen-bond donors (Lipinski definition) is 2. The van der Waals surface area contributed by atoms with Gasteiger partial charge in [0.1, 0.15) is 5.82 Å². The normalized spacial score (nSPS) is 12.2. The quantitative estimate of drug-likeness (QED) is 0.835. The summed E-state index contributed by atoms with van der Waals surface area (Å²) in [5.41, 5.74) is -0.116. The average molecular weight is 275 g/mol. The summed E-state index contributed by atoms with van der Waals surface area (Å²) in [6.45, 7) is 2.88. The van der Waals surface area contributed by atoms with Gasteiger partial charge in [0, 0.05) is 6.54 Å². The summed E-state index contributed by atoms with van der Waals surface area (Å²) in [5.74, 6) is 0.971. The minimum Gasteiger partial charge on any atom is -0.476 e. The standard InChI is InChI=1S/C11H15ClN2O2S/c1-7(6-17-2)5-13-9-4-3-8(12)10(14-9)11(15)16/h3-4,7H,5-6H2,1-2H3,(H,13,14)(H,15,16). The minimum absolute atomic E-state index is 0.116. The van der Waals surface area contributed by atoms with E-state index in [-0.39, 0.29) is 10.7 Å². The molecule has 0 spiro atoms. The van der Waals surface area contributed by atoms with Gasteiger partial charge in [-0.15, -0.1) is 0 Å². The molecule has 0 radical (unpaired) electrons. The van der Waals surface area contributed by atoms with Crippen molar-refractivity contribution in [3.8, 4) is 0 Å². The van der Waals surface area contributed by atoms with Crippen LogP contribution in [0, 0.1) is 5.92 Å². The van der Waals surface area contributed by atoms with Gasteiger partial charge in [0.15, 0.2) is 5.69 Å². The molecule has 1 heterocycles. The monoisotopic (exact) mass is 274 g/mol. The highest BCUT2D eigenvalue weighted by Gasteiger charge is 2.11. The topological polar surface area (TPSA) is 62.2 Å². The summed E-state index contributed by atoms with van der Waals surface area (Å²) in [7, 11) is 0. The van der Waals surface area contributed by atoms with Crippen LogP contribution < -0.4 is 5.32 Å². The molecular formula is C11H15ClN2O2S. The molecule has 0 aromatic carbocycles. The van der Waals surface area contributed by atoms with Gasteiger partial charge in [-0.2, -0.15) is 11.8 Å². The van der Waals surface area contributed by atoms with Crippen molar-refractivity contribution < 1.29 is 9.90 Å². The van der Waals surface area contributed by atoms with Crippen LogP contribution in [-0.4, -0.2) is 34.6 Å². The first-order valence-corrected chi connectivity index (χ1v) is 6.94. The molecule has 4 nitrogen and oxygen atoms in total. The lowest BCUT2D eigenvalue weighted by Crippen LogP contribution is -2.15. The Hall–Kier alpha value is -0.940. The highest BCUT2D eigenvalue weighted by molar-refractivity contribution is 7.98. The molecule has 1 unspecified atom stereocenters. The van der Waals surface area contributed by atoms with Crippen molar-refractivity contribution in [2.24, 2.45) is 5.92 Å². The third-order valence-electron chi connectivity index (χ3n) is 2.13. The molecule has 0 bridgehead atoms. The smallest absolute Gasteiger partial charge is 0.356 e. The maximum absolute atomic E-state index is 10.8. The number of rotatable bonds is 6. The third-order valence-corrected chi connectivity index (χ3v) is 3.34. The summed E-state index contributed by atoms with van der Waals surface area (Å²) in [6, 6.07) is 3.22. The van der Waals surface area contributed by atoms with Crippen molar-refractivity contribution in [2.45, 2.75) is 6.92 Å². The maximum atomic E-state index is 10.8. The van der Waals surface area contributed by atoms with Crippen LogP contribution in [0.3, 0.4) is 0 Å². The minimum atomic E-state index is -1.11. The Bertz CT molecular complexity index is 401. The molecule has 0 aliphatic rings. The fourth-order valence-corrected chi connectivity index (χ4v) is 2.19. The van der Waals surface area contributed by atoms with Crippen molar-refractivity contribution in [3.63, 3.8) is 0 Å². The number of carbonyl (C=O) groups is 1. The number of hydrogen-bond acceptors (Lipinski definition) is 4. The molecule has 0 aliphatic heterocycles. The zero-order valence-electron chi connectivity index (χ0n) is 9.74. The van der Waals surface area contributed by atoms with E-state index < -0.39 is 5.97 Å². The summed E-state index contributed by atoms with van der Waals surface area (Å²) in [5, 5.41) is 12.1. The number of anilines is 1. The number of nitrogens with one attached hydrogen (secondary N) is 1. The van der Waals surface area contributed by atoms with E-state index >= 15 is 0 Å². The molecule has 94 valence electrons. The number of nitrogens with zero attached hydrogens (tertiary/aromatic N) is 1. The van der Waals surface area contributed by atoms with Crippen LogP contribution in [0.5, 0.6) is 0 Å². The molecule has 2 N–H and O–H groups in total. The van der Waals surface area contributed by atoms with E-state index in [1.165, 1.54) is 0 Å². The van der Waals surface area contributed by atoms with Crippen LogP contribution >= 0.6 is 23.4 Å². The largest absolute Gasteiger partial charge is 0.476 e. The molecule has 1 rings (SSSR count). The number of pyridine rings is 1. The van der Waals surface area contributed by atoms with Gasteiger partial charge in [0.25, 0.3) is 0 Å². The van der Waals surface area contributed by atoms with E-state index in [2.05, 4.69) is 23.5 Å². The van der Waals surface area contributed by atoms with E-state index in [1.807, 2.05) is 0 Å². The third kappa shape index (κ3) is 4.44. The van der Waals surface area contributed by atoms with Crippen molar-refractivity contribution >= 4 is 35.1 Å². The zero-order valence-corrected chi connectivity index (χ0v) is 11.3. The Labute approximate surface area is 110 Å². The summed E-state index contributed by atoms with van der Waals surface area (Å²) < 4.78 is 0. The number of aromatic nitrogens is 1. The van der Waals surface area contributed by atoms with Crippen LogP contribution in [0.25, 0.3) is 0 Å². The molecule has 0 amide bonds. The molecule has 0 saturated carbocycles. The molecule has 0 aliphatic carbocycles. The van der Waals surface area contributed by atoms with Gasteiger partial charge in [-0.25, -0.2) is 9.78 Å². The molecule has 17 heavy (non-hydrogen) atoms. The van der Waals surface area contributed by atoms with Gasteiger partial charge < -0.3 is 10.4 Å². The number of carboxylic acid groups (broad SMARTS) is 1. The summed E-state index contributed by atoms with van der Waals surface area (Å²) in [6.07, 6.45) is 2.06. The van der Waals surface area contributed by atoms with E-state index in [0.29, 0.717) is 11.7 Å². The lowest BCUT2D eigenvalue weighted by Gasteiger charge is -2.12. The number of halogens is 1. The first-order valence-electron chi connectivity index (χ1n) is 5.17. The van der Waals surface area contributed by atoms with Gasteiger partial charge in [-0.05, 0) is 30.1 Å². The molecule has 0 saturated heterocycles. The van der Waals surface area contributed by atoms with Crippen LogP contribution in [0.2, 0.25) is 5.02 Å². The van der Waals surface area contributed by atoms with E-state index in [1.54, 1.807) is 23.9 Å². The fourth-order valence-electron chi connectivity index (χ4n) is 1.31. The highest BCUT2D eigenvalue weighted by Crippen LogP contribution is 2.17. The fraction of sp³-hybridized carbons (Fsp3) is 0.455. The molecule has 6 heteroatoms. The number of thioether (sulfide) groups is 1. The van der Waals surface area contributed by atoms with Gasteiger partial charge in [0.05, 0.1) is 5.02 Å². The van der Waals surface area contributed by atoms with Gasteiger partial charge in [-0.3, -0.25) is 0 Å². The van der Waals surface area contributed by atoms with Crippen LogP contribution in [0.1, 0.15) is 17.4 Å². The van der Waals surface area contributed by atoms with Crippen LogP contribution in [0.4, 0.5) is 5.82 Å². The van der Waals surface area contributed by atoms with Gasteiger partial charge in [0.2, 0.25) is 0 Å². The maximum Gasteiger partial charge on any atom is 0.356 e. The predicted molar refractivity (Wildman–Crippen MR) is 72.2 cm³/mol. The lowest BCUT2D eigenvalue weighted by atomic mass is 10.2. The van der Waals surface area contributed by atoms with Crippen molar-refractivity contribution in [1.82, 2.24) is 4.98 Å². The Morgan fingerprint density at radius 1 is 1.65 bits per heavy atom. The molecule has 0 fully saturated rings. The van der Waals surface area contributed by atoms with Crippen molar-refractivity contribution in [1.29, 1.82) is 0 Å². The SMILES string of the molecule is CSCC(C)CNc1ccc(Cl)c(C(=O)O)n1. The second kappa shape index (κ2) is 6.71. The van der Waals surface area contributed by atoms with E-state index in [0.717, 1.165) is 12.3 Å². The average Bonchev–Trinajstić information content (AvgIpc) is 2.28. The Morgan fingerprint density at radius 2 is 2.35 bits per heavy atom. The van der Waals surface area contributed by atoms with Crippen molar-refractivity contribution in [2.75, 3.05) is 23.9 Å². The number of carboxylic acids is 1. The van der Waals surface area contributed by atoms with Crippen molar-refractivity contribution in [3.05, 3.63) is 22.8 Å². The van der Waals surface area contributed by atoms with Gasteiger partial charge >= 0.3 is 5.97 Å². The Kier molecular flexibility index (Phi) is 5.58. The number of aromatic carboxylic acids is 1. The first kappa shape index (κ1) is 14.1. The summed E-state index contributed by atoms with van der Waals surface area (Å²) >= 11 is 7.51. The lowest BCUT2D eigenvalue weighted by molar-refractivity contribution is 0.0691. The van der Waals surface area contributed by atoms with E-state index in [4.69, 9.17) is 16.7 Å².